The Morgan fingerprint density at radius 2 is 0.492 bits per heavy atom. The minimum Gasteiger partial charge on any atom is -0.456 e. The molecule has 8 bridgehead atoms. The summed E-state index contributed by atoms with van der Waals surface area (Å²) < 4.78 is 50.5. The second kappa shape index (κ2) is 28.5. The van der Waals surface area contributed by atoms with Crippen LogP contribution in [0.25, 0.3) is 178 Å². The van der Waals surface area contributed by atoms with E-state index in [1.54, 1.807) is 125 Å². The maximum Gasteiger partial charge on any atom is 0.339 e. The lowest BCUT2D eigenvalue weighted by Crippen LogP contribution is -2.05. The largest absolute Gasteiger partial charge is 0.456 e. The van der Waals surface area contributed by atoms with E-state index < -0.39 is 22.5 Å². The van der Waals surface area contributed by atoms with Crippen LogP contribution in [0.1, 0.15) is 22.3 Å². The number of nitrogens with one attached hydrogen (secondary N) is 2. The summed E-state index contributed by atoms with van der Waals surface area (Å²) >= 11 is 29.6. The smallest absolute Gasteiger partial charge is 0.339 e. The molecule has 20 nitrogen and oxygen atoms in total. The minimum absolute atomic E-state index is 0.124. The number of halogens is 4. The molecule has 2 N–H and O–H groups in total. The van der Waals surface area contributed by atoms with Gasteiger partial charge in [0, 0.05) is 134 Å². The first-order valence-electron chi connectivity index (χ1n) is 37.7. The fraction of sp³-hybridized carbons (Fsp3) is 0.0417. The van der Waals surface area contributed by atoms with Crippen molar-refractivity contribution in [1.29, 1.82) is 0 Å². The van der Waals surface area contributed by atoms with Gasteiger partial charge in [-0.15, -0.1) is 0 Å². The monoisotopic (exact) mass is 1650 g/mol. The molecule has 21 rings (SSSR count). The predicted molar refractivity (Wildman–Crippen MR) is 467 cm³/mol. The number of ether oxygens (including phenoxy) is 4. The molecule has 0 fully saturated rings. The molecule has 0 atom stereocenters. The molecule has 0 aliphatic carbocycles. The molecule has 9 heterocycles. The van der Waals surface area contributed by atoms with Crippen molar-refractivity contribution >= 4 is 134 Å². The molecule has 578 valence electrons. The van der Waals surface area contributed by atoms with Crippen LogP contribution in [0.4, 0.5) is 0 Å². The zero-order chi connectivity index (χ0) is 81.6. The Labute approximate surface area is 696 Å². The van der Waals surface area contributed by atoms with Crippen LogP contribution in [-0.2, 0) is 0 Å². The van der Waals surface area contributed by atoms with Crippen molar-refractivity contribution in [3.05, 3.63) is 327 Å². The lowest BCUT2D eigenvalue weighted by molar-refractivity contribution is 0.480. The van der Waals surface area contributed by atoms with Crippen LogP contribution < -0.4 is 41.4 Å². The van der Waals surface area contributed by atoms with Gasteiger partial charge >= 0.3 is 22.5 Å². The summed E-state index contributed by atoms with van der Waals surface area (Å²) in [6, 6.07) is 72.9. The molecule has 0 amide bonds. The summed E-state index contributed by atoms with van der Waals surface area (Å²) in [4.78, 5) is 93.0. The number of H-pyrrole nitrogens is 2. The SMILES string of the molecule is Cc1c(-c2ccccc2)c2ccc(Oc3cc4c(cc3Cl)-c3nc-4nc4[nH]c(nc5nc(nc6[nH]c(n3)c3cc(Oc7ccc8c(-c9ccccc9)c(C)c(=O)oc8c7)c(Cl)cc63)-c3cc(Oc6ccc7c(-c8ccccc8)c(C)c(=O)oc7c6)c(Cl)cc3-5)c3cc(Oc5ccc6c(-c7ccccc7)c(C)c(=O)oc6c5)c(Cl)cc43)cc2oc1=O. The fourth-order valence-electron chi connectivity index (χ4n) is 15.9. The van der Waals surface area contributed by atoms with Gasteiger partial charge in [-0.05, 0) is 147 Å². The van der Waals surface area contributed by atoms with E-state index in [9.17, 15) is 19.2 Å². The highest BCUT2D eigenvalue weighted by Gasteiger charge is 2.29. The highest BCUT2D eigenvalue weighted by molar-refractivity contribution is 6.35. The number of hydrogen-bond acceptors (Lipinski definition) is 18. The molecule has 2 aliphatic heterocycles. The van der Waals surface area contributed by atoms with Crippen LogP contribution in [0.5, 0.6) is 46.0 Å². The average molecular weight is 1650 g/mol. The first kappa shape index (κ1) is 72.9. The van der Waals surface area contributed by atoms with Gasteiger partial charge in [0.1, 0.15) is 90.9 Å². The van der Waals surface area contributed by atoms with Crippen LogP contribution in [0.2, 0.25) is 20.1 Å². The van der Waals surface area contributed by atoms with Crippen molar-refractivity contribution in [3.63, 3.8) is 0 Å². The lowest BCUT2D eigenvalue weighted by Gasteiger charge is -2.12. The van der Waals surface area contributed by atoms with Crippen molar-refractivity contribution in [3.8, 4) is 136 Å². The number of fused-ring (bicyclic) bond motifs is 24. The average Bonchev–Trinajstić information content (AvgIpc) is 1.61. The van der Waals surface area contributed by atoms with Gasteiger partial charge in [-0.2, -0.15) is 0 Å². The summed E-state index contributed by atoms with van der Waals surface area (Å²) in [7, 11) is 0. The summed E-state index contributed by atoms with van der Waals surface area (Å²) in [5.74, 6) is 2.39. The second-order valence-electron chi connectivity index (χ2n) is 29.0. The predicted octanol–water partition coefficient (Wildman–Crippen LogP) is 25.0. The highest BCUT2D eigenvalue weighted by Crippen LogP contribution is 2.49. The molecule has 24 heteroatoms. The third-order valence-corrected chi connectivity index (χ3v) is 22.8. The summed E-state index contributed by atoms with van der Waals surface area (Å²) in [6.07, 6.45) is 0. The van der Waals surface area contributed by atoms with Crippen LogP contribution in [0.15, 0.2) is 280 Å². The third kappa shape index (κ3) is 12.5. The number of nitrogens with zero attached hydrogens (tertiary/aromatic N) is 6. The van der Waals surface area contributed by atoms with E-state index in [1.165, 1.54) is 0 Å². The Bertz CT molecular complexity index is 7660. The van der Waals surface area contributed by atoms with Crippen LogP contribution in [0.3, 0.4) is 0 Å². The summed E-state index contributed by atoms with van der Waals surface area (Å²) in [5, 5.41) is 5.12. The lowest BCUT2D eigenvalue weighted by atomic mass is 9.98. The van der Waals surface area contributed by atoms with Crippen LogP contribution >= 0.6 is 46.4 Å². The molecular weight excluding hydrogens is 1600 g/mol. The second-order valence-corrected chi connectivity index (χ2v) is 30.6. The van der Waals surface area contributed by atoms with Gasteiger partial charge in [0.05, 0.1) is 20.1 Å². The molecule has 2 aliphatic rings. The van der Waals surface area contributed by atoms with Gasteiger partial charge in [0.25, 0.3) is 0 Å². The first-order valence-corrected chi connectivity index (χ1v) is 39.2. The van der Waals surface area contributed by atoms with Crippen molar-refractivity contribution in [2.75, 3.05) is 0 Å². The third-order valence-electron chi connectivity index (χ3n) is 21.6. The molecule has 0 unspecified atom stereocenters. The highest BCUT2D eigenvalue weighted by atomic mass is 35.5. The van der Waals surface area contributed by atoms with Gasteiger partial charge in [0.2, 0.25) is 0 Å². The molecule has 7 aromatic heterocycles. The number of aromatic nitrogens is 8. The van der Waals surface area contributed by atoms with Gasteiger partial charge in [-0.3, -0.25) is 0 Å². The Hall–Kier alpha value is -14.8. The van der Waals surface area contributed by atoms with Gasteiger partial charge < -0.3 is 46.6 Å². The van der Waals surface area contributed by atoms with E-state index in [0.29, 0.717) is 111 Å². The number of hydrogen-bond donors (Lipinski definition) is 2. The van der Waals surface area contributed by atoms with Crippen molar-refractivity contribution in [2.45, 2.75) is 27.7 Å². The van der Waals surface area contributed by atoms with E-state index in [2.05, 4.69) is 9.97 Å². The van der Waals surface area contributed by atoms with Crippen LogP contribution in [-0.4, -0.2) is 39.9 Å². The number of benzene rings is 12. The Morgan fingerprint density at radius 3 is 0.758 bits per heavy atom. The molecule has 12 aromatic carbocycles. The van der Waals surface area contributed by atoms with E-state index in [0.717, 1.165) is 44.5 Å². The molecule has 0 spiro atoms. The zero-order valence-electron chi connectivity index (χ0n) is 63.2. The number of rotatable bonds is 12. The molecule has 0 radical (unpaired) electrons. The topological polar surface area (TPSA) is 267 Å². The fourth-order valence-corrected chi connectivity index (χ4v) is 16.7. The van der Waals surface area contributed by atoms with Gasteiger partial charge in [-0.25, -0.2) is 49.1 Å². The molecule has 19 aromatic rings. The van der Waals surface area contributed by atoms with E-state index in [-0.39, 0.29) is 111 Å². The first-order chi connectivity index (χ1) is 58.3. The Balaban J connectivity index is 0.772. The van der Waals surface area contributed by atoms with E-state index in [4.69, 9.17) is 113 Å². The van der Waals surface area contributed by atoms with Crippen molar-refractivity contribution in [2.24, 2.45) is 0 Å². The molecule has 120 heavy (non-hydrogen) atoms. The van der Waals surface area contributed by atoms with Gasteiger partial charge in [-0.1, -0.05) is 168 Å². The van der Waals surface area contributed by atoms with Crippen molar-refractivity contribution < 1.29 is 36.6 Å². The standard InChI is InChI=1S/C96H54Cl4N8O12/c1-45-81(49-17-9-5-10-18-49)57-29-25-53(33-73(57)117-93(45)109)113-77-41-65-61(37-69(77)97)85-101-89(65)105-86-62-38-70(98)78(114-54-26-30-58-74(34-54)118-94(110)46(2)82(58)50-19-11-6-12-20-50)42-66(62)91(102-86)107-88-64-40-72(100)80(116-56-28-32-60-76(36-56)120-96(112)48(4)84(60)52-23-15-8-16-24-52)44-68(64)92(104-88)108-87-63-39-71(99)79(43-67(63)90(103-87)106-85)115-55-27-31-59-75(35-55)119-95(111)47(3)83(59)51-21-13-7-14-22-51/h5-44H,1-4H3,(H2,101,102,103,104,105,106,107,108). The normalized spacial score (nSPS) is 11.8. The Morgan fingerprint density at radius 1 is 0.258 bits per heavy atom. The van der Waals surface area contributed by atoms with E-state index in [1.807, 2.05) is 146 Å². The van der Waals surface area contributed by atoms with Crippen LogP contribution in [0, 0.1) is 27.7 Å². The zero-order valence-corrected chi connectivity index (χ0v) is 66.2. The number of aromatic amines is 2. The maximum atomic E-state index is 13.5. The minimum atomic E-state index is -0.507. The molecule has 0 saturated heterocycles. The maximum absolute atomic E-state index is 13.5. The van der Waals surface area contributed by atoms with Crippen molar-refractivity contribution in [1.82, 2.24) is 39.9 Å². The van der Waals surface area contributed by atoms with Gasteiger partial charge in [0.15, 0.2) is 23.3 Å². The summed E-state index contributed by atoms with van der Waals surface area (Å²) in [5.41, 5.74) is 9.67. The van der Waals surface area contributed by atoms with E-state index >= 15 is 0 Å². The molecular formula is C96H54Cl4N8O12. The quantitative estimate of drug-likeness (QED) is 0.108. The summed E-state index contributed by atoms with van der Waals surface area (Å²) in [6.45, 7) is 6.93. The Kier molecular flexibility index (Phi) is 17.3. The molecule has 0 saturated carbocycles.